The number of hydrogen-bond donors (Lipinski definition) is 1. The Bertz CT molecular complexity index is 663. The molecule has 0 spiro atoms. The highest BCUT2D eigenvalue weighted by Gasteiger charge is 2.44. The van der Waals surface area contributed by atoms with E-state index in [0.717, 1.165) is 4.77 Å². The summed E-state index contributed by atoms with van der Waals surface area (Å²) in [5.74, 6) is 2.36. The zero-order chi connectivity index (χ0) is 13.0. The quantitative estimate of drug-likeness (QED) is 0.860. The maximum absolute atomic E-state index is 5.35. The predicted octanol–water partition coefficient (Wildman–Crippen LogP) is 3.86. The first-order valence-corrected chi connectivity index (χ1v) is 7.38. The second-order valence-electron chi connectivity index (χ2n) is 5.85. The van der Waals surface area contributed by atoms with Gasteiger partial charge in [-0.2, -0.15) is 5.10 Å². The lowest BCUT2D eigenvalue weighted by Gasteiger charge is -2.04. The lowest BCUT2D eigenvalue weighted by molar-refractivity contribution is 0.671. The van der Waals surface area contributed by atoms with E-state index in [-0.39, 0.29) is 0 Å². The minimum atomic E-state index is 0.552. The Kier molecular flexibility index (Phi) is 2.42. The van der Waals surface area contributed by atoms with E-state index in [0.29, 0.717) is 17.9 Å². The van der Waals surface area contributed by atoms with Crippen LogP contribution in [0.1, 0.15) is 54.1 Å². The standard InChI is InChI=1S/C15H17N3S/c1-9-2-4-10(5-3-9)12-8-13(12)14-16-17-15(19)18(14)11-6-7-11/h2-5,11-13H,6-8H2,1H3,(H,17,19)/t12-,13+/m1/s1. The molecule has 0 unspecified atom stereocenters. The summed E-state index contributed by atoms with van der Waals surface area (Å²) in [4.78, 5) is 0. The fourth-order valence-corrected chi connectivity index (χ4v) is 3.21. The van der Waals surface area contributed by atoms with Gasteiger partial charge in [0.05, 0.1) is 0 Å². The monoisotopic (exact) mass is 271 g/mol. The number of aromatic nitrogens is 3. The van der Waals surface area contributed by atoms with Crippen LogP contribution >= 0.6 is 12.2 Å². The number of aromatic amines is 1. The first-order chi connectivity index (χ1) is 9.24. The summed E-state index contributed by atoms with van der Waals surface area (Å²) in [5, 5.41) is 7.45. The van der Waals surface area contributed by atoms with Crippen LogP contribution in [-0.4, -0.2) is 14.8 Å². The third-order valence-electron chi connectivity index (χ3n) is 4.27. The molecule has 2 aliphatic carbocycles. The molecule has 0 amide bonds. The van der Waals surface area contributed by atoms with Crippen molar-refractivity contribution in [2.24, 2.45) is 0 Å². The van der Waals surface area contributed by atoms with Crippen molar-refractivity contribution in [3.05, 3.63) is 46.0 Å². The molecule has 2 saturated carbocycles. The number of nitrogens with zero attached hydrogens (tertiary/aromatic N) is 2. The van der Waals surface area contributed by atoms with E-state index in [1.54, 1.807) is 0 Å². The maximum atomic E-state index is 5.35. The maximum Gasteiger partial charge on any atom is 0.195 e. The summed E-state index contributed by atoms with van der Waals surface area (Å²) in [5.41, 5.74) is 2.76. The van der Waals surface area contributed by atoms with Gasteiger partial charge in [-0.15, -0.1) is 0 Å². The molecule has 1 aromatic heterocycles. The second kappa shape index (κ2) is 4.04. The predicted molar refractivity (Wildman–Crippen MR) is 77.0 cm³/mol. The van der Waals surface area contributed by atoms with Crippen molar-refractivity contribution in [3.63, 3.8) is 0 Å². The molecule has 1 heterocycles. The van der Waals surface area contributed by atoms with Crippen molar-refractivity contribution in [1.82, 2.24) is 14.8 Å². The van der Waals surface area contributed by atoms with Gasteiger partial charge in [-0.3, -0.25) is 5.10 Å². The van der Waals surface area contributed by atoms with Crippen LogP contribution in [0.4, 0.5) is 0 Å². The smallest absolute Gasteiger partial charge is 0.195 e. The molecular weight excluding hydrogens is 254 g/mol. The van der Waals surface area contributed by atoms with E-state index in [4.69, 9.17) is 12.2 Å². The van der Waals surface area contributed by atoms with Crippen molar-refractivity contribution >= 4 is 12.2 Å². The molecule has 3 nitrogen and oxygen atoms in total. The van der Waals surface area contributed by atoms with Crippen LogP contribution < -0.4 is 0 Å². The summed E-state index contributed by atoms with van der Waals surface area (Å²) in [6, 6.07) is 9.51. The summed E-state index contributed by atoms with van der Waals surface area (Å²) in [7, 11) is 0. The van der Waals surface area contributed by atoms with Crippen LogP contribution in [0, 0.1) is 11.7 Å². The molecule has 0 saturated heterocycles. The minimum Gasteiger partial charge on any atom is -0.301 e. The largest absolute Gasteiger partial charge is 0.301 e. The highest BCUT2D eigenvalue weighted by molar-refractivity contribution is 7.71. The lowest BCUT2D eigenvalue weighted by Crippen LogP contribution is -2.01. The molecule has 2 aliphatic rings. The summed E-state index contributed by atoms with van der Waals surface area (Å²) >= 11 is 5.35. The molecule has 0 aliphatic heterocycles. The van der Waals surface area contributed by atoms with Gasteiger partial charge in [-0.25, -0.2) is 0 Å². The van der Waals surface area contributed by atoms with E-state index in [2.05, 4.69) is 46.0 Å². The minimum absolute atomic E-state index is 0.552. The van der Waals surface area contributed by atoms with Gasteiger partial charge in [0.25, 0.3) is 0 Å². The van der Waals surface area contributed by atoms with Crippen LogP contribution in [0.15, 0.2) is 24.3 Å². The van der Waals surface area contributed by atoms with Gasteiger partial charge in [-0.1, -0.05) is 29.8 Å². The number of H-pyrrole nitrogens is 1. The van der Waals surface area contributed by atoms with Crippen molar-refractivity contribution in [1.29, 1.82) is 0 Å². The average Bonchev–Trinajstić information content (AvgIpc) is 3.31. The fraction of sp³-hybridized carbons (Fsp3) is 0.467. The van der Waals surface area contributed by atoms with E-state index in [1.165, 1.54) is 36.2 Å². The first-order valence-electron chi connectivity index (χ1n) is 6.97. The molecule has 4 heteroatoms. The molecule has 2 atom stereocenters. The SMILES string of the molecule is Cc1ccc([C@H]2C[C@@H]2c2n[nH]c(=S)n2C2CC2)cc1. The van der Waals surface area contributed by atoms with E-state index in [9.17, 15) is 0 Å². The van der Waals surface area contributed by atoms with Gasteiger partial charge in [0.1, 0.15) is 5.82 Å². The van der Waals surface area contributed by atoms with Crippen molar-refractivity contribution in [3.8, 4) is 0 Å². The Hall–Kier alpha value is -1.42. The third kappa shape index (κ3) is 1.94. The Labute approximate surface area is 117 Å². The molecule has 0 radical (unpaired) electrons. The highest BCUT2D eigenvalue weighted by Crippen LogP contribution is 2.55. The number of nitrogens with one attached hydrogen (secondary N) is 1. The fourth-order valence-electron chi connectivity index (χ4n) is 2.93. The van der Waals surface area contributed by atoms with Crippen molar-refractivity contribution < 1.29 is 0 Å². The molecule has 19 heavy (non-hydrogen) atoms. The Morgan fingerprint density at radius 2 is 1.95 bits per heavy atom. The van der Waals surface area contributed by atoms with Gasteiger partial charge < -0.3 is 4.57 Å². The lowest BCUT2D eigenvalue weighted by atomic mass is 10.1. The molecule has 1 N–H and O–H groups in total. The van der Waals surface area contributed by atoms with Crippen LogP contribution in [-0.2, 0) is 0 Å². The van der Waals surface area contributed by atoms with E-state index < -0.39 is 0 Å². The van der Waals surface area contributed by atoms with Crippen molar-refractivity contribution in [2.75, 3.05) is 0 Å². The summed E-state index contributed by atoms with van der Waals surface area (Å²) in [6.45, 7) is 2.13. The second-order valence-corrected chi connectivity index (χ2v) is 6.23. The Morgan fingerprint density at radius 3 is 2.63 bits per heavy atom. The van der Waals surface area contributed by atoms with Crippen LogP contribution in [0.3, 0.4) is 0 Å². The molecule has 4 rings (SSSR count). The summed E-state index contributed by atoms with van der Waals surface area (Å²) < 4.78 is 3.06. The van der Waals surface area contributed by atoms with Crippen LogP contribution in [0.2, 0.25) is 0 Å². The average molecular weight is 271 g/mol. The van der Waals surface area contributed by atoms with Gasteiger partial charge in [-0.05, 0) is 49.9 Å². The topological polar surface area (TPSA) is 33.6 Å². The van der Waals surface area contributed by atoms with E-state index in [1.807, 2.05) is 0 Å². The molecule has 2 aromatic rings. The Morgan fingerprint density at radius 1 is 1.21 bits per heavy atom. The molecule has 1 aromatic carbocycles. The van der Waals surface area contributed by atoms with Gasteiger partial charge in [0.15, 0.2) is 4.77 Å². The zero-order valence-corrected chi connectivity index (χ0v) is 11.8. The molecular formula is C15H17N3S. The van der Waals surface area contributed by atoms with Gasteiger partial charge >= 0.3 is 0 Å². The molecule has 2 fully saturated rings. The number of hydrogen-bond acceptors (Lipinski definition) is 2. The number of rotatable bonds is 3. The van der Waals surface area contributed by atoms with Gasteiger partial charge in [0.2, 0.25) is 0 Å². The highest BCUT2D eigenvalue weighted by atomic mass is 32.1. The number of benzene rings is 1. The van der Waals surface area contributed by atoms with Crippen LogP contribution in [0.5, 0.6) is 0 Å². The summed E-state index contributed by atoms with van der Waals surface area (Å²) in [6.07, 6.45) is 3.71. The van der Waals surface area contributed by atoms with Crippen LogP contribution in [0.25, 0.3) is 0 Å². The zero-order valence-electron chi connectivity index (χ0n) is 11.0. The van der Waals surface area contributed by atoms with Crippen molar-refractivity contribution in [2.45, 2.75) is 44.1 Å². The molecule has 98 valence electrons. The van der Waals surface area contributed by atoms with Gasteiger partial charge in [0, 0.05) is 12.0 Å². The normalized spacial score (nSPS) is 25.5. The third-order valence-corrected chi connectivity index (χ3v) is 4.56. The van der Waals surface area contributed by atoms with E-state index >= 15 is 0 Å². The Balaban J connectivity index is 1.62. The number of aryl methyl sites for hydroxylation is 1. The molecule has 0 bridgehead atoms. The first kappa shape index (κ1) is 11.4.